The summed E-state index contributed by atoms with van der Waals surface area (Å²) in [7, 11) is 2.16. The minimum absolute atomic E-state index is 0.148. The number of carbonyl (C=O) groups is 1. The number of nitrogens with zero attached hydrogens (tertiary/aromatic N) is 5. The first-order valence-electron chi connectivity index (χ1n) is 11.1. The molecule has 0 saturated carbocycles. The number of hydrogen-bond donors (Lipinski definition) is 0. The Kier molecular flexibility index (Phi) is 4.94. The van der Waals surface area contributed by atoms with Crippen molar-refractivity contribution in [1.29, 1.82) is 0 Å². The van der Waals surface area contributed by atoms with Crippen molar-refractivity contribution in [3.05, 3.63) is 34.3 Å². The van der Waals surface area contributed by atoms with Gasteiger partial charge in [0, 0.05) is 57.0 Å². The maximum atomic E-state index is 13.5. The Hall–Kier alpha value is -2.15. The number of aromatic nitrogens is 3. The van der Waals surface area contributed by atoms with E-state index in [9.17, 15) is 4.79 Å². The van der Waals surface area contributed by atoms with Gasteiger partial charge < -0.3 is 18.8 Å². The highest BCUT2D eigenvalue weighted by Crippen LogP contribution is 2.33. The zero-order valence-corrected chi connectivity index (χ0v) is 17.6. The molecular formula is C22H31N5O2. The molecule has 0 radical (unpaired) electrons. The van der Waals surface area contributed by atoms with Crippen molar-refractivity contribution < 1.29 is 9.21 Å². The van der Waals surface area contributed by atoms with Crippen LogP contribution < -0.4 is 0 Å². The molecule has 1 aliphatic carbocycles. The van der Waals surface area contributed by atoms with Crippen LogP contribution in [0.4, 0.5) is 0 Å². The van der Waals surface area contributed by atoms with Crippen LogP contribution in [0.15, 0.2) is 4.42 Å². The number of amides is 1. The predicted octanol–water partition coefficient (Wildman–Crippen LogP) is 2.57. The molecule has 1 atom stereocenters. The van der Waals surface area contributed by atoms with E-state index in [1.54, 1.807) is 0 Å². The molecule has 3 aliphatic rings. The van der Waals surface area contributed by atoms with Crippen molar-refractivity contribution in [3.63, 3.8) is 0 Å². The third-order valence-corrected chi connectivity index (χ3v) is 6.91. The summed E-state index contributed by atoms with van der Waals surface area (Å²) >= 11 is 0. The fraction of sp³-hybridized carbons (Fsp3) is 0.682. The van der Waals surface area contributed by atoms with Crippen molar-refractivity contribution in [3.8, 4) is 0 Å². The lowest BCUT2D eigenvalue weighted by Crippen LogP contribution is -2.40. The molecule has 1 amide bonds. The van der Waals surface area contributed by atoms with Crippen molar-refractivity contribution >= 4 is 5.91 Å². The zero-order valence-electron chi connectivity index (χ0n) is 17.6. The second kappa shape index (κ2) is 7.59. The SMILES string of the molecule is Cc1oc2c(c1C(=O)N1CCCC(c3nnc4n3CCN(C)CC4)C1)CCCC2. The topological polar surface area (TPSA) is 67.4 Å². The van der Waals surface area contributed by atoms with E-state index in [-0.39, 0.29) is 11.8 Å². The van der Waals surface area contributed by atoms with Gasteiger partial charge in [-0.15, -0.1) is 10.2 Å². The minimum atomic E-state index is 0.148. The average molecular weight is 398 g/mol. The van der Waals surface area contributed by atoms with Gasteiger partial charge in [-0.25, -0.2) is 0 Å². The van der Waals surface area contributed by atoms with E-state index in [0.717, 1.165) is 106 Å². The van der Waals surface area contributed by atoms with Gasteiger partial charge in [0.25, 0.3) is 5.91 Å². The van der Waals surface area contributed by atoms with Gasteiger partial charge in [0.1, 0.15) is 23.2 Å². The maximum Gasteiger partial charge on any atom is 0.257 e. The average Bonchev–Trinajstić information content (AvgIpc) is 3.24. The van der Waals surface area contributed by atoms with Gasteiger partial charge in [-0.3, -0.25) is 4.79 Å². The first-order valence-corrected chi connectivity index (χ1v) is 11.1. The summed E-state index contributed by atoms with van der Waals surface area (Å²) in [5.41, 5.74) is 2.00. The number of furan rings is 1. The molecule has 2 aromatic heterocycles. The van der Waals surface area contributed by atoms with Gasteiger partial charge in [-0.2, -0.15) is 0 Å². The summed E-state index contributed by atoms with van der Waals surface area (Å²) in [4.78, 5) is 17.9. The Morgan fingerprint density at radius 3 is 2.79 bits per heavy atom. The van der Waals surface area contributed by atoms with Crippen LogP contribution in [0.2, 0.25) is 0 Å². The quantitative estimate of drug-likeness (QED) is 0.779. The van der Waals surface area contributed by atoms with E-state index in [1.807, 2.05) is 11.8 Å². The van der Waals surface area contributed by atoms with Crippen molar-refractivity contribution in [2.24, 2.45) is 0 Å². The van der Waals surface area contributed by atoms with E-state index in [0.29, 0.717) is 0 Å². The second-order valence-corrected chi connectivity index (χ2v) is 8.91. The van der Waals surface area contributed by atoms with Gasteiger partial charge in [0.15, 0.2) is 0 Å². The van der Waals surface area contributed by atoms with Crippen LogP contribution in [0.25, 0.3) is 0 Å². The van der Waals surface area contributed by atoms with Crippen LogP contribution in [-0.2, 0) is 25.8 Å². The van der Waals surface area contributed by atoms with Crippen LogP contribution in [-0.4, -0.2) is 63.7 Å². The monoisotopic (exact) mass is 397 g/mol. The summed E-state index contributed by atoms with van der Waals surface area (Å²) < 4.78 is 8.28. The Bertz CT molecular complexity index is 915. The number of fused-ring (bicyclic) bond motifs is 2. The lowest BCUT2D eigenvalue weighted by molar-refractivity contribution is 0.0700. The molecular weight excluding hydrogens is 366 g/mol. The smallest absolute Gasteiger partial charge is 0.257 e. The summed E-state index contributed by atoms with van der Waals surface area (Å²) in [6.07, 6.45) is 7.27. The zero-order chi connectivity index (χ0) is 20.0. The number of carbonyl (C=O) groups excluding carboxylic acids is 1. The van der Waals surface area contributed by atoms with Crippen LogP contribution in [0.1, 0.15) is 70.7 Å². The predicted molar refractivity (Wildman–Crippen MR) is 109 cm³/mol. The molecule has 1 fully saturated rings. The summed E-state index contributed by atoms with van der Waals surface area (Å²) in [6, 6.07) is 0. The number of rotatable bonds is 2. The molecule has 0 spiro atoms. The number of piperidine rings is 1. The van der Waals surface area contributed by atoms with Crippen LogP contribution in [0, 0.1) is 6.92 Å². The van der Waals surface area contributed by atoms with E-state index in [2.05, 4.69) is 26.7 Å². The summed E-state index contributed by atoms with van der Waals surface area (Å²) in [5, 5.41) is 9.06. The standard InChI is InChI=1S/C22H31N5O2/c1-15-20(17-7-3-4-8-18(17)29-15)22(28)26-10-5-6-16(14-26)21-24-23-19-9-11-25(2)12-13-27(19)21/h16H,3-14H2,1-2H3. The number of likely N-dealkylation sites (N-methyl/N-ethyl adjacent to an activating group) is 1. The molecule has 1 saturated heterocycles. The molecule has 7 heteroatoms. The highest BCUT2D eigenvalue weighted by Gasteiger charge is 2.33. The van der Waals surface area contributed by atoms with Gasteiger partial charge in [0.05, 0.1) is 5.56 Å². The molecule has 4 heterocycles. The number of likely N-dealkylation sites (tertiary alicyclic amines) is 1. The lowest BCUT2D eigenvalue weighted by atomic mass is 9.92. The van der Waals surface area contributed by atoms with E-state index in [4.69, 9.17) is 4.42 Å². The number of aryl methyl sites for hydroxylation is 2. The Morgan fingerprint density at radius 2 is 1.90 bits per heavy atom. The Morgan fingerprint density at radius 1 is 1.03 bits per heavy atom. The normalized spacial score (nSPS) is 22.8. The Balaban J connectivity index is 1.38. The second-order valence-electron chi connectivity index (χ2n) is 8.91. The first kappa shape index (κ1) is 18.9. The third kappa shape index (κ3) is 3.39. The first-order chi connectivity index (χ1) is 14.1. The van der Waals surface area contributed by atoms with E-state index >= 15 is 0 Å². The van der Waals surface area contributed by atoms with Crippen LogP contribution in [0.3, 0.4) is 0 Å². The molecule has 1 unspecified atom stereocenters. The molecule has 2 aromatic rings. The van der Waals surface area contributed by atoms with Gasteiger partial charge in [-0.1, -0.05) is 0 Å². The van der Waals surface area contributed by atoms with Crippen LogP contribution >= 0.6 is 0 Å². The van der Waals surface area contributed by atoms with Gasteiger partial charge >= 0.3 is 0 Å². The van der Waals surface area contributed by atoms with E-state index in [1.165, 1.54) is 5.56 Å². The van der Waals surface area contributed by atoms with Crippen LogP contribution in [0.5, 0.6) is 0 Å². The molecule has 29 heavy (non-hydrogen) atoms. The molecule has 2 aliphatic heterocycles. The van der Waals surface area contributed by atoms with Gasteiger partial charge in [-0.05, 0) is 46.1 Å². The largest absolute Gasteiger partial charge is 0.465 e. The van der Waals surface area contributed by atoms with E-state index < -0.39 is 0 Å². The highest BCUT2D eigenvalue weighted by molar-refractivity contribution is 5.97. The van der Waals surface area contributed by atoms with Gasteiger partial charge in [0.2, 0.25) is 0 Å². The maximum absolute atomic E-state index is 13.5. The number of hydrogen-bond acceptors (Lipinski definition) is 5. The fourth-order valence-electron chi connectivity index (χ4n) is 5.27. The molecule has 0 N–H and O–H groups in total. The highest BCUT2D eigenvalue weighted by atomic mass is 16.3. The molecule has 156 valence electrons. The molecule has 5 rings (SSSR count). The molecule has 0 bridgehead atoms. The van der Waals surface area contributed by atoms with Crippen molar-refractivity contribution in [2.45, 2.75) is 64.3 Å². The molecule has 0 aromatic carbocycles. The summed E-state index contributed by atoms with van der Waals surface area (Å²) in [5.74, 6) is 4.40. The minimum Gasteiger partial charge on any atom is -0.465 e. The Labute approximate surface area is 172 Å². The van der Waals surface area contributed by atoms with Crippen molar-refractivity contribution in [2.75, 3.05) is 33.2 Å². The summed E-state index contributed by atoms with van der Waals surface area (Å²) in [6.45, 7) is 6.48. The van der Waals surface area contributed by atoms with Crippen molar-refractivity contribution in [1.82, 2.24) is 24.6 Å². The third-order valence-electron chi connectivity index (χ3n) is 6.91. The lowest BCUT2D eigenvalue weighted by Gasteiger charge is -2.32. The fourth-order valence-corrected chi connectivity index (χ4v) is 5.27. The molecule has 7 nitrogen and oxygen atoms in total.